The molecular formula is C9H14O10. The summed E-state index contributed by atoms with van der Waals surface area (Å²) in [6.07, 6.45) is -3.52. The van der Waals surface area contributed by atoms with E-state index in [1.54, 1.807) is 0 Å². The third kappa shape index (κ3) is 9.50. The predicted molar refractivity (Wildman–Crippen MR) is 56.4 cm³/mol. The number of aliphatic hydroxyl groups excluding tert-OH is 1. The molecule has 110 valence electrons. The number of rotatable bonds is 6. The number of hydrogen-bond donors (Lipinski definition) is 6. The minimum atomic E-state index is -2.74. The maximum Gasteiger partial charge on any atom is 0.336 e. The molecule has 10 nitrogen and oxygen atoms in total. The maximum absolute atomic E-state index is 10.3. The summed E-state index contributed by atoms with van der Waals surface area (Å²) in [6, 6.07) is 0. The van der Waals surface area contributed by atoms with Crippen molar-refractivity contribution in [2.75, 3.05) is 0 Å². The molecule has 0 saturated carbocycles. The molecule has 0 aliphatic rings. The highest BCUT2D eigenvalue weighted by Crippen LogP contribution is 2.15. The lowest BCUT2D eigenvalue weighted by Crippen LogP contribution is -2.42. The molecule has 6 N–H and O–H groups in total. The van der Waals surface area contributed by atoms with Crippen LogP contribution in [0.25, 0.3) is 0 Å². The van der Waals surface area contributed by atoms with Crippen molar-refractivity contribution < 1.29 is 49.8 Å². The number of aliphatic carboxylic acids is 4. The van der Waals surface area contributed by atoms with Gasteiger partial charge in [-0.3, -0.25) is 9.59 Å². The average molecular weight is 282 g/mol. The summed E-state index contributed by atoms with van der Waals surface area (Å²) in [4.78, 5) is 39.9. The van der Waals surface area contributed by atoms with Gasteiger partial charge in [-0.15, -0.1) is 0 Å². The van der Waals surface area contributed by atoms with Gasteiger partial charge < -0.3 is 30.6 Å². The summed E-state index contributed by atoms with van der Waals surface area (Å²) in [5.41, 5.74) is -2.74. The number of aliphatic hydroxyl groups is 2. The number of hydrogen-bond acceptors (Lipinski definition) is 6. The van der Waals surface area contributed by atoms with E-state index in [0.717, 1.165) is 0 Å². The molecule has 0 bridgehead atoms. The Hall–Kier alpha value is -2.20. The van der Waals surface area contributed by atoms with Crippen molar-refractivity contribution in [3.63, 3.8) is 0 Å². The van der Waals surface area contributed by atoms with Gasteiger partial charge in [0.05, 0.1) is 12.8 Å². The zero-order valence-corrected chi connectivity index (χ0v) is 9.81. The third-order valence-electron chi connectivity index (χ3n) is 1.64. The largest absolute Gasteiger partial charge is 0.481 e. The molecule has 0 spiro atoms. The third-order valence-corrected chi connectivity index (χ3v) is 1.64. The SMILES string of the molecule is CC(O)C(=O)O.O=C(O)CC(O)(CC(=O)O)C(=O)O. The lowest BCUT2D eigenvalue weighted by atomic mass is 9.96. The minimum Gasteiger partial charge on any atom is -0.481 e. The van der Waals surface area contributed by atoms with Gasteiger partial charge in [0.25, 0.3) is 0 Å². The fourth-order valence-corrected chi connectivity index (χ4v) is 0.714. The van der Waals surface area contributed by atoms with E-state index >= 15 is 0 Å². The van der Waals surface area contributed by atoms with E-state index in [-0.39, 0.29) is 0 Å². The molecule has 0 aromatic heterocycles. The highest BCUT2D eigenvalue weighted by atomic mass is 16.4. The molecule has 0 aromatic rings. The molecule has 0 fully saturated rings. The summed E-state index contributed by atoms with van der Waals surface area (Å²) in [5.74, 6) is -6.20. The highest BCUT2D eigenvalue weighted by Gasteiger charge is 2.40. The van der Waals surface area contributed by atoms with E-state index in [4.69, 9.17) is 30.6 Å². The number of carboxylic acid groups (broad SMARTS) is 4. The smallest absolute Gasteiger partial charge is 0.336 e. The molecule has 0 aromatic carbocycles. The summed E-state index contributed by atoms with van der Waals surface area (Å²) < 4.78 is 0. The second-order valence-electron chi connectivity index (χ2n) is 3.49. The average Bonchev–Trinajstić information content (AvgIpc) is 2.14. The molecule has 0 amide bonds. The molecule has 0 saturated heterocycles. The van der Waals surface area contributed by atoms with Gasteiger partial charge in [0.15, 0.2) is 5.60 Å². The van der Waals surface area contributed by atoms with Crippen LogP contribution in [-0.4, -0.2) is 66.2 Å². The van der Waals surface area contributed by atoms with Crippen LogP contribution in [0.4, 0.5) is 0 Å². The van der Waals surface area contributed by atoms with Gasteiger partial charge in [0, 0.05) is 0 Å². The van der Waals surface area contributed by atoms with Crippen LogP contribution in [0.15, 0.2) is 0 Å². The second kappa shape index (κ2) is 8.00. The quantitative estimate of drug-likeness (QED) is 0.324. The molecule has 0 aliphatic carbocycles. The highest BCUT2D eigenvalue weighted by molar-refractivity contribution is 5.88. The predicted octanol–water partition coefficient (Wildman–Crippen LogP) is -1.80. The van der Waals surface area contributed by atoms with Crippen molar-refractivity contribution in [1.82, 2.24) is 0 Å². The van der Waals surface area contributed by atoms with Crippen molar-refractivity contribution in [3.05, 3.63) is 0 Å². The van der Waals surface area contributed by atoms with E-state index in [2.05, 4.69) is 0 Å². The van der Waals surface area contributed by atoms with Gasteiger partial charge in [-0.05, 0) is 6.92 Å². The Bertz CT molecular complexity index is 342. The van der Waals surface area contributed by atoms with Crippen LogP contribution in [-0.2, 0) is 19.2 Å². The van der Waals surface area contributed by atoms with Crippen molar-refractivity contribution in [2.24, 2.45) is 0 Å². The first kappa shape index (κ1) is 19.1. The van der Waals surface area contributed by atoms with Gasteiger partial charge in [0.2, 0.25) is 0 Å². The minimum absolute atomic E-state index is 1.14. The lowest BCUT2D eigenvalue weighted by Gasteiger charge is -2.18. The molecule has 0 heterocycles. The summed E-state index contributed by atoms with van der Waals surface area (Å²) in [7, 11) is 0. The standard InChI is InChI=1S/C6H8O7.C3H6O3/c7-3(8)1-6(13,5(11)12)2-4(9)10;1-2(4)3(5)6/h13H,1-2H2,(H,7,8)(H,9,10)(H,11,12);2,4H,1H3,(H,5,6). The van der Waals surface area contributed by atoms with Crippen molar-refractivity contribution in [3.8, 4) is 0 Å². The molecule has 10 heteroatoms. The Kier molecular flexibility index (Phi) is 8.06. The molecule has 1 atom stereocenters. The van der Waals surface area contributed by atoms with Gasteiger partial charge in [0.1, 0.15) is 6.10 Å². The second-order valence-corrected chi connectivity index (χ2v) is 3.49. The van der Waals surface area contributed by atoms with Crippen LogP contribution in [0.1, 0.15) is 19.8 Å². The molecule has 0 aliphatic heterocycles. The van der Waals surface area contributed by atoms with Gasteiger partial charge >= 0.3 is 23.9 Å². The Morgan fingerprint density at radius 1 is 0.947 bits per heavy atom. The van der Waals surface area contributed by atoms with E-state index in [9.17, 15) is 19.2 Å². The van der Waals surface area contributed by atoms with Gasteiger partial charge in [-0.1, -0.05) is 0 Å². The monoisotopic (exact) mass is 282 g/mol. The normalized spacial score (nSPS) is 11.7. The summed E-state index contributed by atoms with van der Waals surface area (Å²) in [6.45, 7) is 1.20. The molecule has 1 unspecified atom stereocenters. The van der Waals surface area contributed by atoms with Crippen LogP contribution in [0, 0.1) is 0 Å². The van der Waals surface area contributed by atoms with Crippen LogP contribution in [0.5, 0.6) is 0 Å². The fraction of sp³-hybridized carbons (Fsp3) is 0.556. The molecule has 0 rings (SSSR count). The van der Waals surface area contributed by atoms with Gasteiger partial charge in [-0.2, -0.15) is 0 Å². The van der Waals surface area contributed by atoms with Gasteiger partial charge in [-0.25, -0.2) is 9.59 Å². The van der Waals surface area contributed by atoms with Crippen LogP contribution in [0.2, 0.25) is 0 Å². The van der Waals surface area contributed by atoms with E-state index in [1.165, 1.54) is 6.92 Å². The fourth-order valence-electron chi connectivity index (χ4n) is 0.714. The van der Waals surface area contributed by atoms with Crippen LogP contribution >= 0.6 is 0 Å². The molecule has 0 radical (unpaired) electrons. The zero-order chi connectivity index (χ0) is 15.8. The van der Waals surface area contributed by atoms with Crippen LogP contribution < -0.4 is 0 Å². The van der Waals surface area contributed by atoms with E-state index in [1.807, 2.05) is 0 Å². The van der Waals surface area contributed by atoms with E-state index in [0.29, 0.717) is 0 Å². The summed E-state index contributed by atoms with van der Waals surface area (Å²) >= 11 is 0. The first-order valence-corrected chi connectivity index (χ1v) is 4.72. The van der Waals surface area contributed by atoms with Crippen LogP contribution in [0.3, 0.4) is 0 Å². The Labute approximate surface area is 106 Å². The lowest BCUT2D eigenvalue weighted by molar-refractivity contribution is -0.170. The molecular weight excluding hydrogens is 268 g/mol. The first-order valence-electron chi connectivity index (χ1n) is 4.72. The van der Waals surface area contributed by atoms with Crippen molar-refractivity contribution in [2.45, 2.75) is 31.5 Å². The number of carboxylic acids is 4. The van der Waals surface area contributed by atoms with Crippen molar-refractivity contribution in [1.29, 1.82) is 0 Å². The number of carbonyl (C=O) groups is 4. The summed E-state index contributed by atoms with van der Waals surface area (Å²) in [5, 5.41) is 49.6. The maximum atomic E-state index is 10.3. The Morgan fingerprint density at radius 2 is 1.21 bits per heavy atom. The first-order chi connectivity index (χ1) is 8.42. The topological polar surface area (TPSA) is 190 Å². The van der Waals surface area contributed by atoms with E-state index < -0.39 is 48.4 Å². The molecule has 19 heavy (non-hydrogen) atoms. The Balaban J connectivity index is 0. The Morgan fingerprint density at radius 3 is 1.32 bits per heavy atom. The van der Waals surface area contributed by atoms with Crippen molar-refractivity contribution >= 4 is 23.9 Å². The zero-order valence-electron chi connectivity index (χ0n) is 9.81.